The second-order valence-electron chi connectivity index (χ2n) is 13.6. The zero-order valence-corrected chi connectivity index (χ0v) is 25.6. The highest BCUT2D eigenvalue weighted by Gasteiger charge is 2.81. The number of cyclic esters (lactones) is 1. The summed E-state index contributed by atoms with van der Waals surface area (Å²) in [6.07, 6.45) is 5.50. The number of fused-ring (bicyclic) bond motifs is 4. The average molecular weight is 631 g/mol. The van der Waals surface area contributed by atoms with Gasteiger partial charge < -0.3 is 9.47 Å². The Hall–Kier alpha value is -1.68. The molecule has 1 spiro atoms. The van der Waals surface area contributed by atoms with E-state index in [9.17, 15) is 31.0 Å². The Kier molecular flexibility index (Phi) is 6.98. The highest BCUT2D eigenvalue weighted by molar-refractivity contribution is 7.81. The highest BCUT2D eigenvalue weighted by atomic mass is 32.3. The van der Waals surface area contributed by atoms with Crippen LogP contribution < -0.4 is 0 Å². The topological polar surface area (TPSA) is 183 Å². The zero-order valence-electron chi connectivity index (χ0n) is 24.0. The molecule has 0 radical (unpaired) electrons. The van der Waals surface area contributed by atoms with Gasteiger partial charge in [0.05, 0.1) is 17.1 Å². The number of esters is 1. The second-order valence-corrected chi connectivity index (χ2v) is 15.7. The molecule has 0 aromatic heterocycles. The van der Waals surface area contributed by atoms with Crippen LogP contribution >= 0.6 is 0 Å². The van der Waals surface area contributed by atoms with Crippen molar-refractivity contribution in [1.82, 2.24) is 0 Å². The van der Waals surface area contributed by atoms with Crippen molar-refractivity contribution in [2.75, 3.05) is 6.61 Å². The Bertz CT molecular complexity index is 1480. The summed E-state index contributed by atoms with van der Waals surface area (Å²) in [7, 11) is -9.45. The SMILES string of the molecule is CC1=C(COS(=O)(=O)O)C(=O)OC([C@@H](C)C2CCC3C4C[C@H]5O[C@]56[C@@H](OS(=O)(=O)O)C=CC(=O)[C@]6(C)C4CC[C@@]32C)C1. The summed E-state index contributed by atoms with van der Waals surface area (Å²) in [5.41, 5.74) is -1.42. The molecule has 12 nitrogen and oxygen atoms in total. The first kappa shape index (κ1) is 30.4. The van der Waals surface area contributed by atoms with Gasteiger partial charge in [-0.15, -0.1) is 0 Å². The van der Waals surface area contributed by atoms with Crippen LogP contribution in [-0.2, 0) is 48.2 Å². The molecule has 6 rings (SSSR count). The third-order valence-corrected chi connectivity index (χ3v) is 12.9. The lowest BCUT2D eigenvalue weighted by atomic mass is 9.44. The van der Waals surface area contributed by atoms with Gasteiger partial charge in [0.2, 0.25) is 0 Å². The minimum absolute atomic E-state index is 0.0155. The highest BCUT2D eigenvalue weighted by Crippen LogP contribution is 2.73. The molecule has 4 aliphatic carbocycles. The van der Waals surface area contributed by atoms with Crippen molar-refractivity contribution in [2.24, 2.45) is 40.4 Å². The van der Waals surface area contributed by atoms with Crippen molar-refractivity contribution in [1.29, 1.82) is 0 Å². The van der Waals surface area contributed by atoms with E-state index in [1.165, 1.54) is 12.2 Å². The number of ether oxygens (including phenoxy) is 2. The minimum atomic E-state index is -4.76. The Morgan fingerprint density at radius 2 is 1.79 bits per heavy atom. The lowest BCUT2D eigenvalue weighted by Gasteiger charge is -2.58. The number of carbonyl (C=O) groups excluding carboxylic acids is 2. The second kappa shape index (κ2) is 9.66. The van der Waals surface area contributed by atoms with Gasteiger partial charge >= 0.3 is 26.8 Å². The van der Waals surface area contributed by atoms with E-state index in [-0.39, 0.29) is 52.5 Å². The molecule has 3 saturated carbocycles. The molecule has 14 heteroatoms. The molecular formula is C28H38O12S2. The molecule has 11 atom stereocenters. The molecule has 0 amide bonds. The van der Waals surface area contributed by atoms with Crippen LogP contribution in [0.4, 0.5) is 0 Å². The molecule has 234 valence electrons. The van der Waals surface area contributed by atoms with Gasteiger partial charge in [0.1, 0.15) is 24.4 Å². The summed E-state index contributed by atoms with van der Waals surface area (Å²) in [6.45, 7) is 7.43. The third kappa shape index (κ3) is 4.47. The van der Waals surface area contributed by atoms with Crippen LogP contribution in [0.15, 0.2) is 23.3 Å². The molecule has 5 unspecified atom stereocenters. The maximum absolute atomic E-state index is 13.5. The van der Waals surface area contributed by atoms with Gasteiger partial charge in [-0.2, -0.15) is 16.8 Å². The number of hydrogen-bond acceptors (Lipinski definition) is 10. The summed E-state index contributed by atoms with van der Waals surface area (Å²) in [4.78, 5) is 26.3. The Morgan fingerprint density at radius 1 is 1.07 bits per heavy atom. The zero-order chi connectivity index (χ0) is 30.6. The van der Waals surface area contributed by atoms with Crippen LogP contribution in [0.2, 0.25) is 0 Å². The monoisotopic (exact) mass is 630 g/mol. The first-order chi connectivity index (χ1) is 19.4. The van der Waals surface area contributed by atoms with Crippen LogP contribution in [0, 0.1) is 40.4 Å². The summed E-state index contributed by atoms with van der Waals surface area (Å²) >= 11 is 0. The van der Waals surface area contributed by atoms with E-state index in [1.54, 1.807) is 6.92 Å². The number of rotatable bonds is 7. The fraction of sp³-hybridized carbons (Fsp3) is 0.786. The molecule has 0 aromatic carbocycles. The van der Waals surface area contributed by atoms with Gasteiger partial charge in [-0.25, -0.2) is 13.2 Å². The summed E-state index contributed by atoms with van der Waals surface area (Å²) in [6, 6.07) is 0. The molecular weight excluding hydrogens is 592 g/mol. The quantitative estimate of drug-likeness (QED) is 0.239. The smallest absolute Gasteiger partial charge is 0.398 e. The predicted octanol–water partition coefficient (Wildman–Crippen LogP) is 3.01. The Labute approximate surface area is 246 Å². The maximum atomic E-state index is 13.5. The largest absolute Gasteiger partial charge is 0.458 e. The Morgan fingerprint density at radius 3 is 2.43 bits per heavy atom. The van der Waals surface area contributed by atoms with Crippen LogP contribution in [0.25, 0.3) is 0 Å². The fourth-order valence-electron chi connectivity index (χ4n) is 10.0. The molecule has 4 fully saturated rings. The molecule has 42 heavy (non-hydrogen) atoms. The van der Waals surface area contributed by atoms with Crippen molar-refractivity contribution >= 4 is 32.6 Å². The van der Waals surface area contributed by atoms with E-state index in [0.717, 1.165) is 25.7 Å². The third-order valence-electron chi connectivity index (χ3n) is 12.0. The van der Waals surface area contributed by atoms with E-state index in [1.807, 2.05) is 6.92 Å². The molecule has 2 N–H and O–H groups in total. The fourth-order valence-corrected chi connectivity index (χ4v) is 10.8. The molecule has 2 heterocycles. The van der Waals surface area contributed by atoms with Crippen LogP contribution in [-0.4, -0.2) is 68.2 Å². The lowest BCUT2D eigenvalue weighted by Crippen LogP contribution is -2.64. The van der Waals surface area contributed by atoms with Crippen molar-refractivity contribution in [3.63, 3.8) is 0 Å². The molecule has 0 aromatic rings. The van der Waals surface area contributed by atoms with Crippen molar-refractivity contribution < 1.29 is 53.4 Å². The van der Waals surface area contributed by atoms with Crippen molar-refractivity contribution in [3.05, 3.63) is 23.3 Å². The van der Waals surface area contributed by atoms with Gasteiger partial charge in [0.15, 0.2) is 5.78 Å². The van der Waals surface area contributed by atoms with Crippen molar-refractivity contribution in [3.8, 4) is 0 Å². The van der Waals surface area contributed by atoms with Crippen LogP contribution in [0.5, 0.6) is 0 Å². The first-order valence-corrected chi connectivity index (χ1v) is 17.2. The van der Waals surface area contributed by atoms with Gasteiger partial charge in [0.25, 0.3) is 0 Å². The number of epoxide rings is 1. The first-order valence-electron chi connectivity index (χ1n) is 14.5. The van der Waals surface area contributed by atoms with Gasteiger partial charge in [-0.1, -0.05) is 19.4 Å². The van der Waals surface area contributed by atoms with Crippen molar-refractivity contribution in [2.45, 2.75) is 90.1 Å². The summed E-state index contributed by atoms with van der Waals surface area (Å²) in [5.74, 6) is -0.0766. The minimum Gasteiger partial charge on any atom is -0.458 e. The van der Waals surface area contributed by atoms with E-state index in [4.69, 9.17) is 18.2 Å². The number of ketones is 1. The molecule has 0 bridgehead atoms. The molecule has 2 aliphatic heterocycles. The van der Waals surface area contributed by atoms with E-state index < -0.39 is 56.6 Å². The average Bonchev–Trinajstić information content (AvgIpc) is 3.50. The normalized spacial score (nSPS) is 45.4. The predicted molar refractivity (Wildman–Crippen MR) is 145 cm³/mol. The number of carbonyl (C=O) groups is 2. The van der Waals surface area contributed by atoms with Gasteiger partial charge in [-0.05, 0) is 93.1 Å². The maximum Gasteiger partial charge on any atom is 0.398 e. The lowest BCUT2D eigenvalue weighted by molar-refractivity contribution is -0.155. The van der Waals surface area contributed by atoms with Crippen LogP contribution in [0.3, 0.4) is 0 Å². The van der Waals surface area contributed by atoms with Crippen LogP contribution in [0.1, 0.15) is 66.2 Å². The van der Waals surface area contributed by atoms with E-state index >= 15 is 0 Å². The molecule has 1 saturated heterocycles. The molecule has 6 aliphatic rings. The summed E-state index contributed by atoms with van der Waals surface area (Å²) in [5, 5.41) is 0. The van der Waals surface area contributed by atoms with E-state index in [0.29, 0.717) is 18.4 Å². The van der Waals surface area contributed by atoms with E-state index in [2.05, 4.69) is 18.0 Å². The Balaban J connectivity index is 1.22. The summed E-state index contributed by atoms with van der Waals surface area (Å²) < 4.78 is 85.1. The van der Waals surface area contributed by atoms with Gasteiger partial charge in [-0.3, -0.25) is 13.9 Å². The number of hydrogen-bond donors (Lipinski definition) is 2. The number of allylic oxidation sites excluding steroid dienone is 1. The van der Waals surface area contributed by atoms with Gasteiger partial charge in [0, 0.05) is 6.42 Å². The standard InChI is InChI=1S/C28H38O12S2/c1-14-11-21(38-25(30)17(14)13-37-41(31,32)33)15(2)18-5-6-19-16-12-24-28(39-24)23(40-42(34,35)36)8-7-22(29)27(28,4)20(16)9-10-26(18,19)3/h7-8,15-16,18-21,23-24H,5-6,9-13H2,1-4H3,(H,31,32,33)(H,34,35,36)/t15-,16?,18?,19?,20?,21?,23-,24+,26+,27-,28+/m0/s1.